The molecule has 6 nitrogen and oxygen atoms in total. The molecule has 0 spiro atoms. The van der Waals surface area contributed by atoms with Crippen LogP contribution in [-0.2, 0) is 18.0 Å². The molecular formula is C13H28O6Si. The van der Waals surface area contributed by atoms with Crippen molar-refractivity contribution in [1.82, 2.24) is 0 Å². The van der Waals surface area contributed by atoms with Gasteiger partial charge in [-0.05, 0) is 25.7 Å². The summed E-state index contributed by atoms with van der Waals surface area (Å²) in [5, 5.41) is 8.46. The van der Waals surface area contributed by atoms with Gasteiger partial charge in [0.1, 0.15) is 0 Å². The Bertz CT molecular complexity index is 227. The molecule has 20 heavy (non-hydrogen) atoms. The Morgan fingerprint density at radius 2 is 1.35 bits per heavy atom. The maximum atomic E-state index is 10.3. The fourth-order valence-corrected chi connectivity index (χ4v) is 4.37. The van der Waals surface area contributed by atoms with E-state index < -0.39 is 15.0 Å². The van der Waals surface area contributed by atoms with E-state index in [0.29, 0.717) is 32.3 Å². The van der Waals surface area contributed by atoms with Crippen LogP contribution >= 0.6 is 0 Å². The highest BCUT2D eigenvalue weighted by Crippen LogP contribution is 2.19. The van der Waals surface area contributed by atoms with Crippen molar-refractivity contribution in [2.24, 2.45) is 0 Å². The molecule has 0 aromatic rings. The zero-order valence-corrected chi connectivity index (χ0v) is 13.9. The van der Waals surface area contributed by atoms with Crippen molar-refractivity contribution in [2.75, 3.05) is 26.4 Å². The van der Waals surface area contributed by atoms with E-state index in [-0.39, 0.29) is 6.61 Å². The third-order valence-electron chi connectivity index (χ3n) is 2.43. The first kappa shape index (κ1) is 19.4. The van der Waals surface area contributed by atoms with Gasteiger partial charge in [0.15, 0.2) is 0 Å². The molecule has 0 bridgehead atoms. The van der Waals surface area contributed by atoms with Gasteiger partial charge in [-0.2, -0.15) is 0 Å². The Hall–Kier alpha value is -0.633. The third-order valence-corrected chi connectivity index (χ3v) is 5.33. The van der Waals surface area contributed by atoms with Crippen molar-refractivity contribution >= 4 is 15.0 Å². The van der Waals surface area contributed by atoms with Gasteiger partial charge in [-0.15, -0.1) is 0 Å². The predicted molar refractivity (Wildman–Crippen MR) is 77.9 cm³/mol. The predicted octanol–water partition coefficient (Wildman–Crippen LogP) is 3.29. The van der Waals surface area contributed by atoms with Gasteiger partial charge in [0.05, 0.1) is 6.61 Å². The zero-order valence-electron chi connectivity index (χ0n) is 12.9. The van der Waals surface area contributed by atoms with E-state index in [1.807, 2.05) is 20.8 Å². The molecular weight excluding hydrogens is 280 g/mol. The molecule has 0 aliphatic rings. The van der Waals surface area contributed by atoms with Crippen LogP contribution in [-0.4, -0.2) is 46.5 Å². The normalized spacial score (nSPS) is 11.6. The maximum Gasteiger partial charge on any atom is 0.505 e. The average molecular weight is 308 g/mol. The second kappa shape index (κ2) is 12.1. The molecule has 0 heterocycles. The van der Waals surface area contributed by atoms with Gasteiger partial charge in [0.25, 0.3) is 0 Å². The second-order valence-corrected chi connectivity index (χ2v) is 7.18. The lowest BCUT2D eigenvalue weighted by Crippen LogP contribution is -2.46. The fourth-order valence-electron chi connectivity index (χ4n) is 1.56. The highest BCUT2D eigenvalue weighted by atomic mass is 28.4. The number of ether oxygens (including phenoxy) is 1. The van der Waals surface area contributed by atoms with Crippen LogP contribution < -0.4 is 0 Å². The summed E-state index contributed by atoms with van der Waals surface area (Å²) in [7, 11) is -2.70. The van der Waals surface area contributed by atoms with Crippen LogP contribution in [0.1, 0.15) is 46.5 Å². The number of carboxylic acid groups (broad SMARTS) is 1. The summed E-state index contributed by atoms with van der Waals surface area (Å²) in [4.78, 5) is 10.3. The van der Waals surface area contributed by atoms with Gasteiger partial charge in [-0.1, -0.05) is 20.8 Å². The molecule has 7 heteroatoms. The molecule has 0 aromatic carbocycles. The van der Waals surface area contributed by atoms with Gasteiger partial charge < -0.3 is 23.1 Å². The van der Waals surface area contributed by atoms with E-state index in [1.165, 1.54) is 0 Å². The van der Waals surface area contributed by atoms with Crippen LogP contribution in [0.2, 0.25) is 6.04 Å². The second-order valence-electron chi connectivity index (χ2n) is 4.45. The number of rotatable bonds is 13. The van der Waals surface area contributed by atoms with Crippen molar-refractivity contribution < 1.29 is 27.9 Å². The molecule has 0 aliphatic heterocycles. The van der Waals surface area contributed by atoms with Crippen LogP contribution in [0.3, 0.4) is 0 Å². The molecule has 0 unspecified atom stereocenters. The van der Waals surface area contributed by atoms with Crippen molar-refractivity contribution in [1.29, 1.82) is 0 Å². The Morgan fingerprint density at radius 1 is 0.900 bits per heavy atom. The van der Waals surface area contributed by atoms with Crippen LogP contribution in [0.5, 0.6) is 0 Å². The van der Waals surface area contributed by atoms with E-state index >= 15 is 0 Å². The largest absolute Gasteiger partial charge is 0.505 e. The molecule has 0 atom stereocenters. The Balaban J connectivity index is 4.44. The van der Waals surface area contributed by atoms with E-state index in [0.717, 1.165) is 19.3 Å². The van der Waals surface area contributed by atoms with Crippen molar-refractivity contribution in [3.05, 3.63) is 0 Å². The van der Waals surface area contributed by atoms with Crippen LogP contribution in [0.25, 0.3) is 0 Å². The molecule has 0 rings (SSSR count). The third kappa shape index (κ3) is 9.30. The smallest absolute Gasteiger partial charge is 0.450 e. The first-order chi connectivity index (χ1) is 9.60. The highest BCUT2D eigenvalue weighted by Gasteiger charge is 2.40. The molecule has 1 N–H and O–H groups in total. The minimum atomic E-state index is -2.70. The lowest BCUT2D eigenvalue weighted by Gasteiger charge is -2.29. The summed E-state index contributed by atoms with van der Waals surface area (Å²) >= 11 is 0. The molecule has 0 fully saturated rings. The van der Waals surface area contributed by atoms with E-state index in [1.54, 1.807) is 0 Å². The maximum absolute atomic E-state index is 10.3. The summed E-state index contributed by atoms with van der Waals surface area (Å²) in [6.07, 6.45) is 1.98. The van der Waals surface area contributed by atoms with Gasteiger partial charge in [-0.3, -0.25) is 0 Å². The number of carbonyl (C=O) groups is 1. The van der Waals surface area contributed by atoms with Gasteiger partial charge in [-0.25, -0.2) is 4.79 Å². The highest BCUT2D eigenvalue weighted by molar-refractivity contribution is 6.60. The van der Waals surface area contributed by atoms with Crippen LogP contribution in [0.15, 0.2) is 0 Å². The quantitative estimate of drug-likeness (QED) is 0.320. The molecule has 120 valence electrons. The Labute approximate surface area is 122 Å². The van der Waals surface area contributed by atoms with Gasteiger partial charge >= 0.3 is 15.0 Å². The monoisotopic (exact) mass is 308 g/mol. The van der Waals surface area contributed by atoms with E-state index in [4.69, 9.17) is 18.4 Å². The fraction of sp³-hybridized carbons (Fsp3) is 0.923. The first-order valence-electron chi connectivity index (χ1n) is 7.37. The zero-order chi connectivity index (χ0) is 15.3. The summed E-state index contributed by atoms with van der Waals surface area (Å²) in [6, 6.07) is 0.584. The summed E-state index contributed by atoms with van der Waals surface area (Å²) < 4.78 is 22.2. The lowest BCUT2D eigenvalue weighted by molar-refractivity contribution is 0.0542. The Kier molecular flexibility index (Phi) is 11.7. The number of hydrogen-bond acceptors (Lipinski definition) is 5. The topological polar surface area (TPSA) is 74.2 Å². The van der Waals surface area contributed by atoms with Crippen molar-refractivity contribution in [3.8, 4) is 0 Å². The first-order valence-corrected chi connectivity index (χ1v) is 9.31. The van der Waals surface area contributed by atoms with E-state index in [2.05, 4.69) is 4.74 Å². The molecule has 0 aliphatic carbocycles. The van der Waals surface area contributed by atoms with Gasteiger partial charge in [0.2, 0.25) is 0 Å². The van der Waals surface area contributed by atoms with Crippen molar-refractivity contribution in [3.63, 3.8) is 0 Å². The SMILES string of the molecule is CCCO[Si](CCCOC(=O)O)(OCCC)OCCC. The molecule has 0 radical (unpaired) electrons. The van der Waals surface area contributed by atoms with E-state index in [9.17, 15) is 4.79 Å². The van der Waals surface area contributed by atoms with Crippen molar-refractivity contribution in [2.45, 2.75) is 52.5 Å². The summed E-state index contributed by atoms with van der Waals surface area (Å²) in [5.74, 6) is 0. The molecule has 0 saturated heterocycles. The summed E-state index contributed by atoms with van der Waals surface area (Å²) in [5.41, 5.74) is 0. The average Bonchev–Trinajstić information content (AvgIpc) is 2.44. The lowest BCUT2D eigenvalue weighted by atomic mass is 10.5. The molecule has 0 saturated carbocycles. The minimum Gasteiger partial charge on any atom is -0.450 e. The van der Waals surface area contributed by atoms with Crippen LogP contribution in [0.4, 0.5) is 4.79 Å². The molecule has 0 amide bonds. The Morgan fingerprint density at radius 3 is 1.70 bits per heavy atom. The summed E-state index contributed by atoms with van der Waals surface area (Å²) in [6.45, 7) is 8.04. The number of hydrogen-bond donors (Lipinski definition) is 1. The molecule has 0 aromatic heterocycles. The standard InChI is InChI=1S/C13H28O6Si/c1-4-8-17-20(18-9-5-2,19-10-6-3)12-7-11-16-13(14)15/h4-12H2,1-3H3,(H,14,15). The van der Waals surface area contributed by atoms with Gasteiger partial charge in [0, 0.05) is 25.9 Å². The van der Waals surface area contributed by atoms with Crippen LogP contribution in [0, 0.1) is 0 Å². The minimum absolute atomic E-state index is 0.143.